The molecule has 2 rings (SSSR count). The number of ether oxygens (including phenoxy) is 2. The highest BCUT2D eigenvalue weighted by molar-refractivity contribution is 7.80. The van der Waals surface area contributed by atoms with Crippen LogP contribution in [-0.2, 0) is 4.79 Å². The third-order valence-electron chi connectivity index (χ3n) is 3.64. The van der Waals surface area contributed by atoms with Crippen molar-refractivity contribution in [1.82, 2.24) is 10.3 Å². The zero-order valence-electron chi connectivity index (χ0n) is 13.7. The Bertz CT molecular complexity index is 615. The van der Waals surface area contributed by atoms with Crippen LogP contribution in [0.4, 0.5) is 0 Å². The Labute approximate surface area is 146 Å². The monoisotopic (exact) mass is 350 g/mol. The molecule has 0 aliphatic carbocycles. The molecule has 7 nitrogen and oxygen atoms in total. The molecule has 1 aromatic rings. The van der Waals surface area contributed by atoms with Gasteiger partial charge >= 0.3 is 0 Å². The van der Waals surface area contributed by atoms with E-state index >= 15 is 0 Å². The van der Waals surface area contributed by atoms with Crippen LogP contribution in [0.25, 0.3) is 0 Å². The SMILES string of the molecule is COc1cc(C=NNC(N)=S)ccc1OCC(=O)N1CCCCC1. The summed E-state index contributed by atoms with van der Waals surface area (Å²) in [6.45, 7) is 1.63. The van der Waals surface area contributed by atoms with Crippen LogP contribution in [0.2, 0.25) is 0 Å². The first-order valence-electron chi connectivity index (χ1n) is 7.77. The number of nitrogens with two attached hydrogens (primary N) is 1. The predicted molar refractivity (Wildman–Crippen MR) is 96.4 cm³/mol. The first-order chi connectivity index (χ1) is 11.6. The van der Waals surface area contributed by atoms with E-state index < -0.39 is 0 Å². The van der Waals surface area contributed by atoms with Crippen LogP contribution in [-0.4, -0.2) is 48.9 Å². The number of nitrogens with zero attached hydrogens (tertiary/aromatic N) is 2. The number of hydrogen-bond acceptors (Lipinski definition) is 5. The second-order valence-corrected chi connectivity index (χ2v) is 5.81. The van der Waals surface area contributed by atoms with Gasteiger partial charge in [0.15, 0.2) is 23.2 Å². The van der Waals surface area contributed by atoms with Gasteiger partial charge in [-0.1, -0.05) is 0 Å². The van der Waals surface area contributed by atoms with Gasteiger partial charge in [0.1, 0.15) is 0 Å². The van der Waals surface area contributed by atoms with Crippen molar-refractivity contribution in [2.75, 3.05) is 26.8 Å². The van der Waals surface area contributed by atoms with Gasteiger partial charge in [-0.25, -0.2) is 0 Å². The minimum absolute atomic E-state index is 0.00282. The molecule has 0 saturated carbocycles. The summed E-state index contributed by atoms with van der Waals surface area (Å²) in [7, 11) is 1.54. The summed E-state index contributed by atoms with van der Waals surface area (Å²) in [5.74, 6) is 1.05. The lowest BCUT2D eigenvalue weighted by molar-refractivity contribution is -0.134. The normalized spacial score (nSPS) is 14.5. The van der Waals surface area contributed by atoms with E-state index in [4.69, 9.17) is 15.2 Å². The first-order valence-corrected chi connectivity index (χ1v) is 8.18. The fourth-order valence-electron chi connectivity index (χ4n) is 2.43. The average Bonchev–Trinajstić information content (AvgIpc) is 2.60. The van der Waals surface area contributed by atoms with Gasteiger partial charge in [0.2, 0.25) is 0 Å². The molecule has 1 fully saturated rings. The molecule has 0 aromatic heterocycles. The Kier molecular flexibility index (Phi) is 6.80. The third-order valence-corrected chi connectivity index (χ3v) is 3.73. The van der Waals surface area contributed by atoms with Crippen LogP contribution in [0, 0.1) is 0 Å². The molecule has 8 heteroatoms. The highest BCUT2D eigenvalue weighted by Gasteiger charge is 2.17. The molecule has 1 heterocycles. The number of benzene rings is 1. The molecule has 1 amide bonds. The number of rotatable bonds is 6. The zero-order chi connectivity index (χ0) is 17.4. The maximum Gasteiger partial charge on any atom is 0.260 e. The van der Waals surface area contributed by atoms with E-state index in [-0.39, 0.29) is 17.6 Å². The summed E-state index contributed by atoms with van der Waals surface area (Å²) in [5, 5.41) is 3.98. The number of hydrogen-bond donors (Lipinski definition) is 2. The van der Waals surface area contributed by atoms with E-state index in [9.17, 15) is 4.79 Å². The number of nitrogens with one attached hydrogen (secondary N) is 1. The number of thiocarbonyl (C=S) groups is 1. The van der Waals surface area contributed by atoms with Crippen LogP contribution >= 0.6 is 12.2 Å². The Hall–Kier alpha value is -2.35. The maximum atomic E-state index is 12.1. The predicted octanol–water partition coefficient (Wildman–Crippen LogP) is 1.25. The van der Waals surface area contributed by atoms with Crippen molar-refractivity contribution in [3.05, 3.63) is 23.8 Å². The van der Waals surface area contributed by atoms with Crippen molar-refractivity contribution in [3.8, 4) is 11.5 Å². The summed E-state index contributed by atoms with van der Waals surface area (Å²) in [4.78, 5) is 14.0. The zero-order valence-corrected chi connectivity index (χ0v) is 14.5. The lowest BCUT2D eigenvalue weighted by Crippen LogP contribution is -2.38. The van der Waals surface area contributed by atoms with E-state index in [1.807, 2.05) is 4.90 Å². The van der Waals surface area contributed by atoms with Crippen LogP contribution in [0.5, 0.6) is 11.5 Å². The molecule has 0 unspecified atom stereocenters. The quantitative estimate of drug-likeness (QED) is 0.456. The second kappa shape index (κ2) is 9.07. The number of hydrazone groups is 1. The van der Waals surface area contributed by atoms with Gasteiger partial charge in [0, 0.05) is 13.1 Å². The molecule has 1 aliphatic rings. The summed E-state index contributed by atoms with van der Waals surface area (Å²) in [6, 6.07) is 5.30. The molecular weight excluding hydrogens is 328 g/mol. The number of piperidine rings is 1. The molecule has 24 heavy (non-hydrogen) atoms. The topological polar surface area (TPSA) is 89.2 Å². The van der Waals surface area contributed by atoms with E-state index in [2.05, 4.69) is 22.7 Å². The van der Waals surface area contributed by atoms with Crippen LogP contribution in [0.1, 0.15) is 24.8 Å². The molecule has 0 atom stereocenters. The van der Waals surface area contributed by atoms with Crippen molar-refractivity contribution in [3.63, 3.8) is 0 Å². The summed E-state index contributed by atoms with van der Waals surface area (Å²) in [6.07, 6.45) is 4.86. The summed E-state index contributed by atoms with van der Waals surface area (Å²) < 4.78 is 10.9. The molecule has 130 valence electrons. The Morgan fingerprint density at radius 3 is 2.79 bits per heavy atom. The number of likely N-dealkylation sites (tertiary alicyclic amines) is 1. The number of carbonyl (C=O) groups is 1. The lowest BCUT2D eigenvalue weighted by Gasteiger charge is -2.26. The van der Waals surface area contributed by atoms with Crippen LogP contribution < -0.4 is 20.6 Å². The number of methoxy groups -OCH3 is 1. The minimum atomic E-state index is 0.00282. The fraction of sp³-hybridized carbons (Fsp3) is 0.438. The first kappa shape index (κ1) is 18.0. The third kappa shape index (κ3) is 5.38. The molecule has 0 spiro atoms. The number of carbonyl (C=O) groups excluding carboxylic acids is 1. The fourth-order valence-corrected chi connectivity index (χ4v) is 2.48. The van der Waals surface area contributed by atoms with Gasteiger partial charge in [0.05, 0.1) is 13.3 Å². The van der Waals surface area contributed by atoms with Crippen LogP contribution in [0.15, 0.2) is 23.3 Å². The van der Waals surface area contributed by atoms with Crippen molar-refractivity contribution in [1.29, 1.82) is 0 Å². The van der Waals surface area contributed by atoms with E-state index in [0.29, 0.717) is 11.5 Å². The minimum Gasteiger partial charge on any atom is -0.493 e. The molecule has 3 N–H and O–H groups in total. The molecule has 0 radical (unpaired) electrons. The van der Waals surface area contributed by atoms with Gasteiger partial charge in [0.25, 0.3) is 5.91 Å². The highest BCUT2D eigenvalue weighted by Crippen LogP contribution is 2.27. The van der Waals surface area contributed by atoms with E-state index in [1.54, 1.807) is 31.5 Å². The van der Waals surface area contributed by atoms with Gasteiger partial charge in [-0.15, -0.1) is 0 Å². The average molecular weight is 350 g/mol. The van der Waals surface area contributed by atoms with Crippen molar-refractivity contribution >= 4 is 29.5 Å². The maximum absolute atomic E-state index is 12.1. The van der Waals surface area contributed by atoms with Gasteiger partial charge < -0.3 is 20.1 Å². The number of amides is 1. The van der Waals surface area contributed by atoms with Crippen molar-refractivity contribution < 1.29 is 14.3 Å². The standard InChI is InChI=1S/C16H22N4O3S/c1-22-14-9-12(10-18-19-16(17)24)5-6-13(14)23-11-15(21)20-7-3-2-4-8-20/h5-6,9-10H,2-4,7-8,11H2,1H3,(H3,17,19,24). The van der Waals surface area contributed by atoms with Gasteiger partial charge in [-0.3, -0.25) is 10.2 Å². The Morgan fingerprint density at radius 2 is 2.12 bits per heavy atom. The summed E-state index contributed by atoms with van der Waals surface area (Å²) >= 11 is 4.67. The Balaban J connectivity index is 1.95. The molecular formula is C16H22N4O3S. The molecule has 1 aliphatic heterocycles. The lowest BCUT2D eigenvalue weighted by atomic mass is 10.1. The van der Waals surface area contributed by atoms with E-state index in [0.717, 1.165) is 31.5 Å². The van der Waals surface area contributed by atoms with Gasteiger partial charge in [-0.2, -0.15) is 5.10 Å². The van der Waals surface area contributed by atoms with Crippen molar-refractivity contribution in [2.24, 2.45) is 10.8 Å². The Morgan fingerprint density at radius 1 is 1.38 bits per heavy atom. The smallest absolute Gasteiger partial charge is 0.260 e. The van der Waals surface area contributed by atoms with Gasteiger partial charge in [-0.05, 0) is 55.2 Å². The summed E-state index contributed by atoms with van der Waals surface area (Å²) in [5.41, 5.74) is 8.55. The highest BCUT2D eigenvalue weighted by atomic mass is 32.1. The molecule has 0 bridgehead atoms. The van der Waals surface area contributed by atoms with Crippen molar-refractivity contribution in [2.45, 2.75) is 19.3 Å². The molecule has 1 aromatic carbocycles. The van der Waals surface area contributed by atoms with E-state index in [1.165, 1.54) is 6.42 Å². The largest absolute Gasteiger partial charge is 0.493 e. The second-order valence-electron chi connectivity index (χ2n) is 5.37. The molecule has 1 saturated heterocycles. The van der Waals surface area contributed by atoms with Crippen LogP contribution in [0.3, 0.4) is 0 Å².